The number of pyridine rings is 1. The minimum Gasteiger partial charge on any atom is -0.435 e. The van der Waals surface area contributed by atoms with Gasteiger partial charge in [0.1, 0.15) is 11.4 Å². The minimum atomic E-state index is -4.72. The molecule has 4 heterocycles. The lowest BCUT2D eigenvalue weighted by Gasteiger charge is -2.13. The molecule has 1 amide bonds. The number of nitrogen functional groups attached to an aromatic ring is 1. The number of fused-ring (bicyclic) bond motifs is 1. The Bertz CT molecular complexity index is 1520. The van der Waals surface area contributed by atoms with E-state index in [1.807, 2.05) is 0 Å². The van der Waals surface area contributed by atoms with Crippen LogP contribution in [0.2, 0.25) is 0 Å². The Morgan fingerprint density at radius 1 is 1.19 bits per heavy atom. The number of alkyl halides is 3. The number of likely N-dealkylation sites (tertiary alicyclic amines) is 1. The van der Waals surface area contributed by atoms with E-state index < -0.39 is 29.2 Å². The normalized spacial score (nSPS) is 15.8. The molecule has 8 nitrogen and oxygen atoms in total. The van der Waals surface area contributed by atoms with Gasteiger partial charge in [0, 0.05) is 37.0 Å². The predicted molar refractivity (Wildman–Crippen MR) is 126 cm³/mol. The molecule has 4 aromatic rings. The molecule has 1 atom stereocenters. The smallest absolute Gasteiger partial charge is 0.421 e. The molecule has 0 bridgehead atoms. The van der Waals surface area contributed by atoms with E-state index in [9.17, 15) is 18.0 Å². The van der Waals surface area contributed by atoms with Crippen molar-refractivity contribution in [1.82, 2.24) is 24.3 Å². The van der Waals surface area contributed by atoms with Crippen LogP contribution in [0.4, 0.5) is 23.5 Å². The number of nitrogens with zero attached hydrogens (tertiary/aromatic N) is 5. The second-order valence-electron chi connectivity index (χ2n) is 8.42. The first kappa shape index (κ1) is 24.2. The second-order valence-corrected chi connectivity index (χ2v) is 8.42. The molecule has 0 radical (unpaired) electrons. The van der Waals surface area contributed by atoms with Crippen molar-refractivity contribution in [3.05, 3.63) is 78.5 Å². The maximum atomic E-state index is 15.1. The second kappa shape index (κ2) is 9.19. The Hall–Kier alpha value is -4.48. The number of amides is 1. The molecular formula is C25H20F4N6O2. The Balaban J connectivity index is 1.52. The number of nitrogens with two attached hydrogens (primary N) is 1. The fraction of sp³-hybridized carbons (Fsp3) is 0.200. The van der Waals surface area contributed by atoms with Gasteiger partial charge >= 0.3 is 6.18 Å². The number of rotatable bonds is 5. The molecular weight excluding hydrogens is 492 g/mol. The van der Waals surface area contributed by atoms with Crippen LogP contribution in [-0.2, 0) is 11.0 Å². The van der Waals surface area contributed by atoms with Gasteiger partial charge in [-0.05, 0) is 48.9 Å². The highest BCUT2D eigenvalue weighted by Gasteiger charge is 2.35. The summed E-state index contributed by atoms with van der Waals surface area (Å²) in [5.41, 5.74) is 6.64. The van der Waals surface area contributed by atoms with Crippen molar-refractivity contribution in [2.24, 2.45) is 0 Å². The topological polar surface area (TPSA) is 98.6 Å². The maximum Gasteiger partial charge on any atom is 0.421 e. The Morgan fingerprint density at radius 3 is 2.73 bits per heavy atom. The third-order valence-electron chi connectivity index (χ3n) is 6.14. The van der Waals surface area contributed by atoms with Crippen molar-refractivity contribution in [2.75, 3.05) is 18.8 Å². The van der Waals surface area contributed by atoms with Gasteiger partial charge in [0.25, 0.3) is 0 Å². The van der Waals surface area contributed by atoms with Crippen LogP contribution in [0, 0.1) is 5.82 Å². The molecule has 12 heteroatoms. The molecule has 2 N–H and O–H groups in total. The molecule has 0 spiro atoms. The van der Waals surface area contributed by atoms with E-state index >= 15 is 4.39 Å². The zero-order valence-corrected chi connectivity index (χ0v) is 19.2. The number of hydrogen-bond acceptors (Lipinski definition) is 6. The van der Waals surface area contributed by atoms with Crippen LogP contribution in [0.3, 0.4) is 0 Å². The predicted octanol–water partition coefficient (Wildman–Crippen LogP) is 4.83. The van der Waals surface area contributed by atoms with Crippen LogP contribution in [0.25, 0.3) is 16.9 Å². The van der Waals surface area contributed by atoms with Gasteiger partial charge in [-0.1, -0.05) is 6.58 Å². The molecule has 3 aromatic heterocycles. The molecule has 1 fully saturated rings. The standard InChI is InChI=1S/C25H20F4N6O2/c1-2-20(36)34-11-8-15(13-34)21-18-7-10-32-24(30)35(18)22(33-21)14-5-6-19(17(26)12-14)37-23-16(25(27,28)29)4-3-9-31-23/h2-7,9-10,12,15H,1,8,11,13H2,(H2,30,32). The fourth-order valence-electron chi connectivity index (χ4n) is 4.41. The van der Waals surface area contributed by atoms with Crippen molar-refractivity contribution in [1.29, 1.82) is 0 Å². The van der Waals surface area contributed by atoms with Gasteiger partial charge in [-0.2, -0.15) is 13.2 Å². The van der Waals surface area contributed by atoms with E-state index in [1.165, 1.54) is 24.4 Å². The average molecular weight is 512 g/mol. The van der Waals surface area contributed by atoms with E-state index in [2.05, 4.69) is 16.5 Å². The highest BCUT2D eigenvalue weighted by Crippen LogP contribution is 2.38. The van der Waals surface area contributed by atoms with Crippen LogP contribution in [0.1, 0.15) is 23.6 Å². The number of aromatic nitrogens is 4. The largest absolute Gasteiger partial charge is 0.435 e. The molecule has 0 saturated carbocycles. The molecule has 0 aliphatic carbocycles. The van der Waals surface area contributed by atoms with Crippen molar-refractivity contribution < 1.29 is 27.1 Å². The van der Waals surface area contributed by atoms with Gasteiger partial charge in [-0.15, -0.1) is 0 Å². The van der Waals surface area contributed by atoms with Gasteiger partial charge in [0.2, 0.25) is 17.7 Å². The highest BCUT2D eigenvalue weighted by molar-refractivity contribution is 5.87. The molecule has 1 unspecified atom stereocenters. The summed E-state index contributed by atoms with van der Waals surface area (Å²) >= 11 is 0. The van der Waals surface area contributed by atoms with Crippen molar-refractivity contribution in [3.63, 3.8) is 0 Å². The van der Waals surface area contributed by atoms with Crippen LogP contribution < -0.4 is 10.5 Å². The van der Waals surface area contributed by atoms with Crippen molar-refractivity contribution in [3.8, 4) is 23.0 Å². The monoisotopic (exact) mass is 512 g/mol. The number of hydrogen-bond donors (Lipinski definition) is 1. The molecule has 37 heavy (non-hydrogen) atoms. The molecule has 1 aliphatic rings. The molecule has 1 saturated heterocycles. The summed E-state index contributed by atoms with van der Waals surface area (Å²) in [5, 5.41) is 0. The van der Waals surface area contributed by atoms with Crippen molar-refractivity contribution >= 4 is 17.4 Å². The van der Waals surface area contributed by atoms with E-state index in [-0.39, 0.29) is 17.8 Å². The third kappa shape index (κ3) is 4.46. The number of halogens is 4. The summed E-state index contributed by atoms with van der Waals surface area (Å²) in [6, 6.07) is 7.40. The lowest BCUT2D eigenvalue weighted by Crippen LogP contribution is -2.26. The zero-order chi connectivity index (χ0) is 26.3. The Labute approximate surface area is 208 Å². The Morgan fingerprint density at radius 2 is 2.00 bits per heavy atom. The van der Waals surface area contributed by atoms with E-state index in [1.54, 1.807) is 15.4 Å². The van der Waals surface area contributed by atoms with Gasteiger partial charge < -0.3 is 15.4 Å². The first-order chi connectivity index (χ1) is 17.7. The molecule has 5 rings (SSSR count). The number of ether oxygens (including phenoxy) is 1. The number of carbonyl (C=O) groups is 1. The molecule has 1 aliphatic heterocycles. The van der Waals surface area contributed by atoms with Crippen molar-refractivity contribution in [2.45, 2.75) is 18.5 Å². The lowest BCUT2D eigenvalue weighted by molar-refractivity contribution is -0.139. The molecule has 190 valence electrons. The number of benzene rings is 1. The zero-order valence-electron chi connectivity index (χ0n) is 19.2. The van der Waals surface area contributed by atoms with Crippen LogP contribution in [-0.4, -0.2) is 43.2 Å². The fourth-order valence-corrected chi connectivity index (χ4v) is 4.41. The summed E-state index contributed by atoms with van der Waals surface area (Å²) in [6.07, 6.45) is -0.139. The molecule has 1 aromatic carbocycles. The quantitative estimate of drug-likeness (QED) is 0.304. The minimum absolute atomic E-state index is 0.0909. The lowest BCUT2D eigenvalue weighted by atomic mass is 10.0. The summed E-state index contributed by atoms with van der Waals surface area (Å²) in [5.74, 6) is -1.96. The van der Waals surface area contributed by atoms with Crippen LogP contribution in [0.15, 0.2) is 61.4 Å². The summed E-state index contributed by atoms with van der Waals surface area (Å²) in [6.45, 7) is 4.50. The summed E-state index contributed by atoms with van der Waals surface area (Å²) < 4.78 is 61.6. The van der Waals surface area contributed by atoms with Gasteiger partial charge in [0.05, 0.1) is 11.2 Å². The number of imidazole rings is 1. The first-order valence-corrected chi connectivity index (χ1v) is 11.2. The van der Waals surface area contributed by atoms with E-state index in [0.29, 0.717) is 42.1 Å². The van der Waals surface area contributed by atoms with Gasteiger partial charge in [-0.3, -0.25) is 9.20 Å². The van der Waals surface area contributed by atoms with Gasteiger partial charge in [-0.25, -0.2) is 19.3 Å². The first-order valence-electron chi connectivity index (χ1n) is 11.2. The maximum absolute atomic E-state index is 15.1. The number of carbonyl (C=O) groups excluding carboxylic acids is 1. The van der Waals surface area contributed by atoms with Gasteiger partial charge in [0.15, 0.2) is 11.6 Å². The van der Waals surface area contributed by atoms with E-state index in [0.717, 1.165) is 24.4 Å². The average Bonchev–Trinajstić information content (AvgIpc) is 3.50. The van der Waals surface area contributed by atoms with Crippen LogP contribution in [0.5, 0.6) is 11.6 Å². The third-order valence-corrected chi connectivity index (χ3v) is 6.14. The summed E-state index contributed by atoms with van der Waals surface area (Å²) in [7, 11) is 0. The Kier molecular flexibility index (Phi) is 6.02. The van der Waals surface area contributed by atoms with Crippen LogP contribution >= 0.6 is 0 Å². The number of anilines is 1. The summed E-state index contributed by atoms with van der Waals surface area (Å²) in [4.78, 5) is 26.2. The SMILES string of the molecule is C=CC(=O)N1CCC(c2nc(-c3ccc(Oc4ncccc4C(F)(F)F)c(F)c3)n3c(N)nccc23)C1. The van der Waals surface area contributed by atoms with E-state index in [4.69, 9.17) is 15.5 Å². The highest BCUT2D eigenvalue weighted by atomic mass is 19.4.